The van der Waals surface area contributed by atoms with Crippen LogP contribution in [0.3, 0.4) is 0 Å². The van der Waals surface area contributed by atoms with Gasteiger partial charge in [0.05, 0.1) is 11.8 Å². The summed E-state index contributed by atoms with van der Waals surface area (Å²) in [6.07, 6.45) is 5.16. The Balaban J connectivity index is 1.61. The number of allylic oxidation sites excluding steroid dienone is 2. The predicted octanol–water partition coefficient (Wildman–Crippen LogP) is 3.16. The van der Waals surface area contributed by atoms with E-state index in [2.05, 4.69) is 27.3 Å². The summed E-state index contributed by atoms with van der Waals surface area (Å²) in [6.45, 7) is 0. The number of amides is 1. The van der Waals surface area contributed by atoms with E-state index in [9.17, 15) is 14.7 Å². The Kier molecular flexibility index (Phi) is 3.15. The largest absolute Gasteiger partial charge is 0.481 e. The molecule has 5 heteroatoms. The lowest BCUT2D eigenvalue weighted by Gasteiger charge is -2.41. The minimum absolute atomic E-state index is 0.0192. The molecule has 6 atom stereocenters. The maximum absolute atomic E-state index is 12.7. The highest BCUT2D eigenvalue weighted by molar-refractivity contribution is 9.10. The van der Waals surface area contributed by atoms with Gasteiger partial charge in [-0.15, -0.1) is 0 Å². The summed E-state index contributed by atoms with van der Waals surface area (Å²) in [5.74, 6) is -1.00. The number of rotatable bonds is 3. The molecule has 4 nitrogen and oxygen atoms in total. The number of halogens is 1. The van der Waals surface area contributed by atoms with Crippen molar-refractivity contribution in [2.24, 2.45) is 35.5 Å². The van der Waals surface area contributed by atoms with Crippen LogP contribution in [-0.2, 0) is 9.59 Å². The van der Waals surface area contributed by atoms with Gasteiger partial charge in [0.1, 0.15) is 0 Å². The van der Waals surface area contributed by atoms with Crippen LogP contribution in [0.2, 0.25) is 0 Å². The molecule has 22 heavy (non-hydrogen) atoms. The molecule has 5 rings (SSSR count). The summed E-state index contributed by atoms with van der Waals surface area (Å²) in [7, 11) is 0. The van der Waals surface area contributed by atoms with Crippen LogP contribution in [0.5, 0.6) is 0 Å². The van der Waals surface area contributed by atoms with Gasteiger partial charge in [-0.1, -0.05) is 34.1 Å². The molecule has 0 aromatic heterocycles. The lowest BCUT2D eigenvalue weighted by Crippen LogP contribution is -2.48. The normalized spacial score (nSPS) is 37.5. The topological polar surface area (TPSA) is 66.4 Å². The Morgan fingerprint density at radius 2 is 1.82 bits per heavy atom. The molecule has 2 saturated carbocycles. The van der Waals surface area contributed by atoms with Gasteiger partial charge in [-0.3, -0.25) is 9.59 Å². The van der Waals surface area contributed by atoms with Crippen LogP contribution in [-0.4, -0.2) is 17.0 Å². The molecule has 0 radical (unpaired) electrons. The fourth-order valence-corrected chi connectivity index (χ4v) is 4.76. The zero-order valence-corrected chi connectivity index (χ0v) is 13.4. The van der Waals surface area contributed by atoms with E-state index in [4.69, 9.17) is 0 Å². The van der Waals surface area contributed by atoms with Gasteiger partial charge in [0.2, 0.25) is 5.91 Å². The van der Waals surface area contributed by atoms with Crippen LogP contribution in [0, 0.1) is 35.5 Å². The molecule has 4 aliphatic carbocycles. The molecule has 1 aromatic carbocycles. The van der Waals surface area contributed by atoms with Crippen molar-refractivity contribution in [1.82, 2.24) is 0 Å². The van der Waals surface area contributed by atoms with Crippen LogP contribution in [0.15, 0.2) is 40.9 Å². The molecular weight excluding hydrogens is 346 g/mol. The van der Waals surface area contributed by atoms with Crippen LogP contribution in [0.25, 0.3) is 0 Å². The quantitative estimate of drug-likeness (QED) is 0.812. The number of benzene rings is 1. The third-order valence-electron chi connectivity index (χ3n) is 5.33. The maximum atomic E-state index is 12.7. The van der Waals surface area contributed by atoms with Gasteiger partial charge in [-0.05, 0) is 48.3 Å². The lowest BCUT2D eigenvalue weighted by atomic mass is 9.62. The molecule has 114 valence electrons. The van der Waals surface area contributed by atoms with Gasteiger partial charge in [0.25, 0.3) is 0 Å². The molecule has 1 aromatic rings. The van der Waals surface area contributed by atoms with E-state index >= 15 is 0 Å². The third-order valence-corrected chi connectivity index (χ3v) is 5.83. The van der Waals surface area contributed by atoms with Crippen molar-refractivity contribution in [2.75, 3.05) is 5.32 Å². The summed E-state index contributed by atoms with van der Waals surface area (Å²) in [5, 5.41) is 12.5. The highest BCUT2D eigenvalue weighted by atomic mass is 79.9. The third kappa shape index (κ3) is 2.10. The summed E-state index contributed by atoms with van der Waals surface area (Å²) < 4.78 is 0.882. The Hall–Kier alpha value is -1.62. The second kappa shape index (κ2) is 4.95. The first-order valence-corrected chi connectivity index (χ1v) is 8.33. The van der Waals surface area contributed by atoms with Crippen LogP contribution in [0.4, 0.5) is 5.69 Å². The number of nitrogens with one attached hydrogen (secondary N) is 1. The number of hydrogen-bond donors (Lipinski definition) is 2. The SMILES string of the molecule is O=C(O)[C@H]1[C@@H]2C=C[C@@H]([C@@H]3C[C@H]23)[C@@H]1C(=O)Nc1cccc(Br)c1. The molecule has 4 aliphatic rings. The van der Waals surface area contributed by atoms with Gasteiger partial charge >= 0.3 is 5.97 Å². The van der Waals surface area contributed by atoms with Gasteiger partial charge in [-0.2, -0.15) is 0 Å². The van der Waals surface area contributed by atoms with Gasteiger partial charge in [0, 0.05) is 10.2 Å². The summed E-state index contributed by atoms with van der Waals surface area (Å²) in [4.78, 5) is 24.4. The molecule has 1 amide bonds. The second-order valence-electron chi connectivity index (χ2n) is 6.49. The van der Waals surface area contributed by atoms with E-state index in [-0.39, 0.29) is 17.7 Å². The summed E-state index contributed by atoms with van der Waals surface area (Å²) in [6, 6.07) is 7.37. The van der Waals surface area contributed by atoms with Crippen LogP contribution >= 0.6 is 15.9 Å². The summed E-state index contributed by atoms with van der Waals surface area (Å²) in [5.41, 5.74) is 0.696. The zero-order chi connectivity index (χ0) is 15.4. The average Bonchev–Trinajstić information content (AvgIpc) is 3.28. The molecule has 0 heterocycles. The molecule has 0 saturated heterocycles. The molecule has 2 N–H and O–H groups in total. The average molecular weight is 362 g/mol. The first-order valence-electron chi connectivity index (χ1n) is 7.54. The number of carbonyl (C=O) groups is 2. The minimum Gasteiger partial charge on any atom is -0.481 e. The summed E-state index contributed by atoms with van der Waals surface area (Å²) >= 11 is 3.38. The van der Waals surface area contributed by atoms with E-state index in [1.807, 2.05) is 30.3 Å². The number of carboxylic acid groups (broad SMARTS) is 1. The molecule has 2 bridgehead atoms. The van der Waals surface area contributed by atoms with Crippen molar-refractivity contribution in [1.29, 1.82) is 0 Å². The van der Waals surface area contributed by atoms with Gasteiger partial charge in [-0.25, -0.2) is 0 Å². The second-order valence-corrected chi connectivity index (χ2v) is 7.41. The first-order chi connectivity index (χ1) is 10.6. The van der Waals surface area contributed by atoms with Gasteiger partial charge < -0.3 is 10.4 Å². The highest BCUT2D eigenvalue weighted by Crippen LogP contribution is 2.63. The highest BCUT2D eigenvalue weighted by Gasteiger charge is 2.62. The van der Waals surface area contributed by atoms with Crippen LogP contribution < -0.4 is 5.32 Å². The first kappa shape index (κ1) is 14.0. The van der Waals surface area contributed by atoms with E-state index in [1.54, 1.807) is 0 Å². The fourth-order valence-electron chi connectivity index (χ4n) is 4.36. The van der Waals surface area contributed by atoms with Crippen molar-refractivity contribution < 1.29 is 14.7 Å². The van der Waals surface area contributed by atoms with Gasteiger partial charge in [0.15, 0.2) is 0 Å². The Morgan fingerprint density at radius 1 is 1.14 bits per heavy atom. The number of hydrogen-bond acceptors (Lipinski definition) is 2. The number of anilines is 1. The molecule has 0 spiro atoms. The Bertz CT molecular complexity index is 686. The standard InChI is InChI=1S/C17H16BrNO3/c18-8-2-1-3-9(6-8)19-16(20)14-10-4-5-11(13-7-12(10)13)15(14)17(21)22/h1-6,10-15H,7H2,(H,19,20)(H,21,22)/t10-,11+,12-,13+,14-,15-/m0/s1. The predicted molar refractivity (Wildman–Crippen MR) is 85.1 cm³/mol. The van der Waals surface area contributed by atoms with E-state index in [1.165, 1.54) is 0 Å². The zero-order valence-electron chi connectivity index (χ0n) is 11.8. The Labute approximate surface area is 136 Å². The monoisotopic (exact) mass is 361 g/mol. The lowest BCUT2D eigenvalue weighted by molar-refractivity contribution is -0.152. The number of carbonyl (C=O) groups excluding carboxylic acids is 1. The molecular formula is C17H16BrNO3. The van der Waals surface area contributed by atoms with Crippen molar-refractivity contribution in [3.05, 3.63) is 40.9 Å². The number of aliphatic carboxylic acids is 1. The van der Waals surface area contributed by atoms with Crippen molar-refractivity contribution in [2.45, 2.75) is 6.42 Å². The van der Waals surface area contributed by atoms with Crippen molar-refractivity contribution >= 4 is 33.5 Å². The maximum Gasteiger partial charge on any atom is 0.307 e. The smallest absolute Gasteiger partial charge is 0.307 e. The number of fused-ring (bicyclic) bond motifs is 1. The Morgan fingerprint density at radius 3 is 2.45 bits per heavy atom. The molecule has 0 aliphatic heterocycles. The van der Waals surface area contributed by atoms with Crippen LogP contribution in [0.1, 0.15) is 6.42 Å². The van der Waals surface area contributed by atoms with E-state index in [0.717, 1.165) is 10.9 Å². The van der Waals surface area contributed by atoms with Crippen molar-refractivity contribution in [3.8, 4) is 0 Å². The van der Waals surface area contributed by atoms with E-state index < -0.39 is 17.8 Å². The fraction of sp³-hybridized carbons (Fsp3) is 0.412. The molecule has 2 fully saturated rings. The number of carboxylic acids is 1. The van der Waals surface area contributed by atoms with E-state index in [0.29, 0.717) is 17.5 Å². The minimum atomic E-state index is -0.848. The van der Waals surface area contributed by atoms with Crippen molar-refractivity contribution in [3.63, 3.8) is 0 Å². The molecule has 0 unspecified atom stereocenters.